The molecule has 1 aromatic carbocycles. The van der Waals surface area contributed by atoms with Crippen LogP contribution in [0.15, 0.2) is 36.9 Å². The smallest absolute Gasteiger partial charge is 0.251 e. The first-order valence-electron chi connectivity index (χ1n) is 6.96. The van der Waals surface area contributed by atoms with Crippen LogP contribution in [0, 0.1) is 0 Å². The number of aromatic nitrogens is 5. The van der Waals surface area contributed by atoms with Gasteiger partial charge in [-0.05, 0) is 18.2 Å². The Morgan fingerprint density at radius 2 is 2.23 bits per heavy atom. The van der Waals surface area contributed by atoms with E-state index < -0.39 is 0 Å². The van der Waals surface area contributed by atoms with Crippen molar-refractivity contribution in [3.05, 3.63) is 42.5 Å². The summed E-state index contributed by atoms with van der Waals surface area (Å²) in [5.41, 5.74) is 2.19. The Labute approximate surface area is 126 Å². The molecule has 0 saturated carbocycles. The van der Waals surface area contributed by atoms with Crippen LogP contribution in [0.3, 0.4) is 0 Å². The molecule has 0 aliphatic rings. The second kappa shape index (κ2) is 6.35. The van der Waals surface area contributed by atoms with Crippen LogP contribution in [0.5, 0.6) is 0 Å². The van der Waals surface area contributed by atoms with Gasteiger partial charge in [0.2, 0.25) is 0 Å². The Hall–Kier alpha value is -2.74. The first-order chi connectivity index (χ1) is 10.8. The molecule has 0 atom stereocenters. The minimum atomic E-state index is -0.154. The monoisotopic (exact) mass is 300 g/mol. The number of aliphatic hydroxyl groups excluding tert-OH is 1. The lowest BCUT2D eigenvalue weighted by Crippen LogP contribution is -2.27. The number of rotatable bonds is 6. The molecule has 3 rings (SSSR count). The standard InChI is InChI=1S/C14H16N6O2/c21-8-7-19-10-16-12-9-11(1-2-13(12)19)14(22)15-3-5-20-6-4-17-18-20/h1-2,4,6,9-10,21H,3,5,7-8H2,(H,15,22). The summed E-state index contributed by atoms with van der Waals surface area (Å²) in [7, 11) is 0. The van der Waals surface area contributed by atoms with Crippen molar-refractivity contribution in [3.8, 4) is 0 Å². The van der Waals surface area contributed by atoms with E-state index >= 15 is 0 Å². The van der Waals surface area contributed by atoms with Crippen LogP contribution in [0.25, 0.3) is 11.0 Å². The third-order valence-electron chi connectivity index (χ3n) is 3.32. The Balaban J connectivity index is 1.66. The van der Waals surface area contributed by atoms with Crippen LogP contribution in [0.1, 0.15) is 10.4 Å². The molecule has 0 saturated heterocycles. The van der Waals surface area contributed by atoms with E-state index in [0.29, 0.717) is 25.2 Å². The van der Waals surface area contributed by atoms with Crippen molar-refractivity contribution in [2.45, 2.75) is 13.1 Å². The van der Waals surface area contributed by atoms with Gasteiger partial charge in [-0.15, -0.1) is 5.10 Å². The molecule has 0 aliphatic carbocycles. The van der Waals surface area contributed by atoms with Crippen molar-refractivity contribution in [3.63, 3.8) is 0 Å². The fourth-order valence-electron chi connectivity index (χ4n) is 2.23. The number of hydrogen-bond acceptors (Lipinski definition) is 5. The number of nitrogens with one attached hydrogen (secondary N) is 1. The van der Waals surface area contributed by atoms with Gasteiger partial charge in [0.05, 0.1) is 36.7 Å². The minimum absolute atomic E-state index is 0.0516. The van der Waals surface area contributed by atoms with E-state index in [4.69, 9.17) is 5.11 Å². The lowest BCUT2D eigenvalue weighted by Gasteiger charge is -2.06. The second-order valence-corrected chi connectivity index (χ2v) is 4.79. The predicted octanol–water partition coefficient (Wildman–Crippen LogP) is 0.0501. The number of imidazole rings is 1. The number of carbonyl (C=O) groups is 1. The molecule has 0 unspecified atom stereocenters. The average Bonchev–Trinajstić information content (AvgIpc) is 3.17. The highest BCUT2D eigenvalue weighted by Crippen LogP contribution is 2.14. The van der Waals surface area contributed by atoms with Gasteiger partial charge in [0.1, 0.15) is 0 Å². The van der Waals surface area contributed by atoms with Crippen molar-refractivity contribution in [1.29, 1.82) is 0 Å². The topological polar surface area (TPSA) is 97.9 Å². The van der Waals surface area contributed by atoms with E-state index in [9.17, 15) is 4.79 Å². The summed E-state index contributed by atoms with van der Waals surface area (Å²) in [6, 6.07) is 5.33. The quantitative estimate of drug-likeness (QED) is 0.670. The minimum Gasteiger partial charge on any atom is -0.395 e. The van der Waals surface area contributed by atoms with Gasteiger partial charge in [0.25, 0.3) is 5.91 Å². The fraction of sp³-hybridized carbons (Fsp3) is 0.286. The number of amides is 1. The summed E-state index contributed by atoms with van der Waals surface area (Å²) < 4.78 is 3.50. The molecule has 2 N–H and O–H groups in total. The number of hydrogen-bond donors (Lipinski definition) is 2. The van der Waals surface area contributed by atoms with Crippen molar-refractivity contribution >= 4 is 16.9 Å². The number of carbonyl (C=O) groups excluding carboxylic acids is 1. The molecule has 8 nitrogen and oxygen atoms in total. The van der Waals surface area contributed by atoms with E-state index in [1.807, 2.05) is 10.6 Å². The van der Waals surface area contributed by atoms with E-state index in [-0.39, 0.29) is 12.5 Å². The summed E-state index contributed by atoms with van der Waals surface area (Å²) in [5.74, 6) is -0.154. The van der Waals surface area contributed by atoms with E-state index in [0.717, 1.165) is 11.0 Å². The molecule has 1 amide bonds. The lowest BCUT2D eigenvalue weighted by atomic mass is 10.2. The highest BCUT2D eigenvalue weighted by molar-refractivity contribution is 5.97. The van der Waals surface area contributed by atoms with Gasteiger partial charge in [-0.3, -0.25) is 9.48 Å². The summed E-state index contributed by atoms with van der Waals surface area (Å²) >= 11 is 0. The maximum Gasteiger partial charge on any atom is 0.251 e. The van der Waals surface area contributed by atoms with Gasteiger partial charge >= 0.3 is 0 Å². The number of benzene rings is 1. The fourth-order valence-corrected chi connectivity index (χ4v) is 2.23. The Bertz CT molecular complexity index is 765. The molecular weight excluding hydrogens is 284 g/mol. The zero-order chi connectivity index (χ0) is 15.4. The third kappa shape index (κ3) is 2.96. The van der Waals surface area contributed by atoms with Crippen molar-refractivity contribution in [1.82, 2.24) is 29.9 Å². The molecular formula is C14H16N6O2. The van der Waals surface area contributed by atoms with Crippen molar-refractivity contribution in [2.24, 2.45) is 0 Å². The molecule has 0 bridgehead atoms. The largest absolute Gasteiger partial charge is 0.395 e. The molecule has 0 fully saturated rings. The molecule has 0 aliphatic heterocycles. The van der Waals surface area contributed by atoms with Crippen LogP contribution in [0.2, 0.25) is 0 Å². The predicted molar refractivity (Wildman–Crippen MR) is 79.2 cm³/mol. The van der Waals surface area contributed by atoms with Crippen LogP contribution in [-0.2, 0) is 13.1 Å². The molecule has 2 heterocycles. The Morgan fingerprint density at radius 3 is 3.00 bits per heavy atom. The van der Waals surface area contributed by atoms with Crippen LogP contribution in [-0.4, -0.2) is 48.7 Å². The van der Waals surface area contributed by atoms with Crippen LogP contribution < -0.4 is 5.32 Å². The molecule has 0 radical (unpaired) electrons. The molecule has 22 heavy (non-hydrogen) atoms. The second-order valence-electron chi connectivity index (χ2n) is 4.79. The SMILES string of the molecule is O=C(NCCn1ccnn1)c1ccc2c(c1)ncn2CCO. The van der Waals surface area contributed by atoms with E-state index in [1.165, 1.54) is 0 Å². The van der Waals surface area contributed by atoms with Crippen LogP contribution >= 0.6 is 0 Å². The van der Waals surface area contributed by atoms with Gasteiger partial charge in [0, 0.05) is 24.8 Å². The summed E-state index contributed by atoms with van der Waals surface area (Å²) in [6.45, 7) is 1.58. The zero-order valence-electron chi connectivity index (χ0n) is 11.9. The highest BCUT2D eigenvalue weighted by atomic mass is 16.3. The van der Waals surface area contributed by atoms with Gasteiger partial charge in [-0.1, -0.05) is 5.21 Å². The maximum absolute atomic E-state index is 12.1. The third-order valence-corrected chi connectivity index (χ3v) is 3.32. The van der Waals surface area contributed by atoms with Crippen molar-refractivity contribution < 1.29 is 9.90 Å². The first kappa shape index (κ1) is 14.2. The number of nitrogens with zero attached hydrogens (tertiary/aromatic N) is 5. The molecule has 0 spiro atoms. The van der Waals surface area contributed by atoms with Gasteiger partial charge in [-0.25, -0.2) is 4.98 Å². The van der Waals surface area contributed by atoms with Gasteiger partial charge < -0.3 is 15.0 Å². The van der Waals surface area contributed by atoms with Crippen molar-refractivity contribution in [2.75, 3.05) is 13.2 Å². The molecule has 2 aromatic heterocycles. The van der Waals surface area contributed by atoms with E-state index in [1.54, 1.807) is 35.5 Å². The average molecular weight is 300 g/mol. The normalized spacial score (nSPS) is 11.0. The summed E-state index contributed by atoms with van der Waals surface area (Å²) in [5, 5.41) is 19.4. The van der Waals surface area contributed by atoms with Crippen LogP contribution in [0.4, 0.5) is 0 Å². The molecule has 114 valence electrons. The Kier molecular flexibility index (Phi) is 4.10. The zero-order valence-corrected chi connectivity index (χ0v) is 11.9. The Morgan fingerprint density at radius 1 is 1.32 bits per heavy atom. The first-order valence-corrected chi connectivity index (χ1v) is 6.96. The highest BCUT2D eigenvalue weighted by Gasteiger charge is 2.09. The summed E-state index contributed by atoms with van der Waals surface area (Å²) in [6.07, 6.45) is 5.00. The molecule has 3 aromatic rings. The number of aliphatic hydroxyl groups is 1. The molecule has 8 heteroatoms. The maximum atomic E-state index is 12.1. The van der Waals surface area contributed by atoms with E-state index in [2.05, 4.69) is 20.6 Å². The lowest BCUT2D eigenvalue weighted by molar-refractivity contribution is 0.0952. The summed E-state index contributed by atoms with van der Waals surface area (Å²) in [4.78, 5) is 16.4. The van der Waals surface area contributed by atoms with Gasteiger partial charge in [-0.2, -0.15) is 0 Å². The van der Waals surface area contributed by atoms with Gasteiger partial charge in [0.15, 0.2) is 0 Å². The number of fused-ring (bicyclic) bond motifs is 1.